The van der Waals surface area contributed by atoms with Crippen LogP contribution >= 0.6 is 12.2 Å². The van der Waals surface area contributed by atoms with Crippen LogP contribution in [0.5, 0.6) is 5.75 Å². The molecule has 3 aromatic rings. The van der Waals surface area contributed by atoms with Crippen LogP contribution in [-0.4, -0.2) is 32.9 Å². The molecule has 0 saturated carbocycles. The standard InChI is InChI=1S/C23H28N6OS/c1-2-3-7-14-24-23(31)27-25-15-19-10-12-22(13-11-19)30-18-21-17-29(28-26-21)16-20-8-5-4-6-9-20/h4-6,8-13,15,17H,2-3,7,14,16,18H2,1H3,(H2,24,27,31)/b25-15-. The lowest BCUT2D eigenvalue weighted by Gasteiger charge is -2.06. The van der Waals surface area contributed by atoms with Crippen LogP contribution in [0.1, 0.15) is 43.0 Å². The largest absolute Gasteiger partial charge is 0.487 e. The number of unbranched alkanes of at least 4 members (excludes halogenated alkanes) is 2. The van der Waals surface area contributed by atoms with Crippen molar-refractivity contribution in [1.29, 1.82) is 0 Å². The Morgan fingerprint density at radius 3 is 2.71 bits per heavy atom. The average molecular weight is 437 g/mol. The second-order valence-electron chi connectivity index (χ2n) is 7.08. The summed E-state index contributed by atoms with van der Waals surface area (Å²) in [4.78, 5) is 0. The monoisotopic (exact) mass is 436 g/mol. The Bertz CT molecular complexity index is 956. The molecular weight excluding hydrogens is 408 g/mol. The normalized spacial score (nSPS) is 10.9. The van der Waals surface area contributed by atoms with Gasteiger partial charge in [-0.3, -0.25) is 5.43 Å². The lowest BCUT2D eigenvalue weighted by atomic mass is 10.2. The maximum absolute atomic E-state index is 5.81. The van der Waals surface area contributed by atoms with E-state index in [1.165, 1.54) is 18.4 Å². The van der Waals surface area contributed by atoms with Crippen LogP contribution in [0.3, 0.4) is 0 Å². The summed E-state index contributed by atoms with van der Waals surface area (Å²) in [7, 11) is 0. The van der Waals surface area contributed by atoms with Crippen LogP contribution in [0.25, 0.3) is 0 Å². The van der Waals surface area contributed by atoms with Crippen molar-refractivity contribution in [1.82, 2.24) is 25.7 Å². The summed E-state index contributed by atoms with van der Waals surface area (Å²) in [5.74, 6) is 0.760. The van der Waals surface area contributed by atoms with Crippen molar-refractivity contribution in [2.24, 2.45) is 5.10 Å². The molecule has 0 aliphatic rings. The van der Waals surface area contributed by atoms with Crippen molar-refractivity contribution in [3.63, 3.8) is 0 Å². The van der Waals surface area contributed by atoms with E-state index in [0.29, 0.717) is 18.3 Å². The molecule has 1 heterocycles. The minimum absolute atomic E-state index is 0.363. The van der Waals surface area contributed by atoms with Crippen LogP contribution in [0, 0.1) is 0 Å². The third-order valence-corrected chi connectivity index (χ3v) is 4.72. The fourth-order valence-corrected chi connectivity index (χ4v) is 3.00. The summed E-state index contributed by atoms with van der Waals surface area (Å²) in [5.41, 5.74) is 5.74. The number of hydrogen-bond acceptors (Lipinski definition) is 5. The molecule has 0 aliphatic heterocycles. The molecule has 0 bridgehead atoms. The highest BCUT2D eigenvalue weighted by Crippen LogP contribution is 2.13. The molecule has 31 heavy (non-hydrogen) atoms. The van der Waals surface area contributed by atoms with Gasteiger partial charge in [0.25, 0.3) is 0 Å². The lowest BCUT2D eigenvalue weighted by Crippen LogP contribution is -2.32. The number of nitrogens with one attached hydrogen (secondary N) is 2. The Morgan fingerprint density at radius 1 is 1.13 bits per heavy atom. The third kappa shape index (κ3) is 8.18. The summed E-state index contributed by atoms with van der Waals surface area (Å²) in [5, 5.41) is 16.2. The molecular formula is C23H28N6OS. The van der Waals surface area contributed by atoms with E-state index in [9.17, 15) is 0 Å². The maximum Gasteiger partial charge on any atom is 0.186 e. The maximum atomic E-state index is 5.81. The second-order valence-corrected chi connectivity index (χ2v) is 7.49. The first kappa shape index (κ1) is 22.4. The minimum Gasteiger partial charge on any atom is -0.487 e. The predicted octanol–water partition coefficient (Wildman–Crippen LogP) is 3.89. The number of rotatable bonds is 11. The first-order valence-corrected chi connectivity index (χ1v) is 10.9. The Balaban J connectivity index is 1.40. The molecule has 0 atom stereocenters. The molecule has 2 N–H and O–H groups in total. The predicted molar refractivity (Wildman–Crippen MR) is 127 cm³/mol. The molecule has 2 aromatic carbocycles. The van der Waals surface area contributed by atoms with Crippen LogP contribution in [0.2, 0.25) is 0 Å². The van der Waals surface area contributed by atoms with Gasteiger partial charge in [-0.25, -0.2) is 4.68 Å². The van der Waals surface area contributed by atoms with Gasteiger partial charge in [-0.05, 0) is 54.0 Å². The van der Waals surface area contributed by atoms with Gasteiger partial charge in [-0.2, -0.15) is 5.10 Å². The number of thiocarbonyl (C=S) groups is 1. The Labute approximate surface area is 188 Å². The van der Waals surface area contributed by atoms with Gasteiger partial charge in [0, 0.05) is 6.54 Å². The highest BCUT2D eigenvalue weighted by Gasteiger charge is 2.03. The lowest BCUT2D eigenvalue weighted by molar-refractivity contribution is 0.301. The van der Waals surface area contributed by atoms with Crippen molar-refractivity contribution in [2.45, 2.75) is 39.3 Å². The number of aromatic nitrogens is 3. The second kappa shape index (κ2) is 12.4. The Hall–Kier alpha value is -3.26. The molecule has 0 radical (unpaired) electrons. The highest BCUT2D eigenvalue weighted by molar-refractivity contribution is 7.80. The molecule has 7 nitrogen and oxygen atoms in total. The van der Waals surface area contributed by atoms with Crippen molar-refractivity contribution < 1.29 is 4.74 Å². The van der Waals surface area contributed by atoms with Crippen molar-refractivity contribution >= 4 is 23.5 Å². The van der Waals surface area contributed by atoms with E-state index in [0.717, 1.165) is 30.0 Å². The Kier molecular flexibility index (Phi) is 9.00. The minimum atomic E-state index is 0.363. The van der Waals surface area contributed by atoms with Gasteiger partial charge in [0.05, 0.1) is 19.0 Å². The third-order valence-electron chi connectivity index (χ3n) is 4.49. The zero-order valence-electron chi connectivity index (χ0n) is 17.7. The summed E-state index contributed by atoms with van der Waals surface area (Å²) < 4.78 is 7.62. The summed E-state index contributed by atoms with van der Waals surface area (Å²) >= 11 is 5.19. The van der Waals surface area contributed by atoms with Crippen LogP contribution in [-0.2, 0) is 13.2 Å². The zero-order chi connectivity index (χ0) is 21.7. The fraction of sp³-hybridized carbons (Fsp3) is 0.304. The van der Waals surface area contributed by atoms with E-state index in [2.05, 4.69) is 45.2 Å². The quantitative estimate of drug-likeness (QED) is 0.206. The molecule has 0 amide bonds. The number of nitrogens with zero attached hydrogens (tertiary/aromatic N) is 4. The van der Waals surface area contributed by atoms with Crippen molar-refractivity contribution in [2.75, 3.05) is 6.54 Å². The molecule has 0 fully saturated rings. The first-order valence-electron chi connectivity index (χ1n) is 10.5. The van der Waals surface area contributed by atoms with E-state index in [-0.39, 0.29) is 0 Å². The van der Waals surface area contributed by atoms with Gasteiger partial charge in [-0.15, -0.1) is 5.10 Å². The van der Waals surface area contributed by atoms with Gasteiger partial charge in [0.2, 0.25) is 0 Å². The van der Waals surface area contributed by atoms with Gasteiger partial charge >= 0.3 is 0 Å². The molecule has 162 valence electrons. The van der Waals surface area contributed by atoms with Crippen molar-refractivity contribution in [3.05, 3.63) is 77.6 Å². The van der Waals surface area contributed by atoms with Gasteiger partial charge in [0.15, 0.2) is 5.11 Å². The van der Waals surface area contributed by atoms with Gasteiger partial charge in [0.1, 0.15) is 18.1 Å². The molecule has 8 heteroatoms. The highest BCUT2D eigenvalue weighted by atomic mass is 32.1. The van der Waals surface area contributed by atoms with Crippen LogP contribution in [0.15, 0.2) is 65.9 Å². The van der Waals surface area contributed by atoms with E-state index in [4.69, 9.17) is 17.0 Å². The van der Waals surface area contributed by atoms with E-state index in [1.54, 1.807) is 6.21 Å². The number of hydrogen-bond donors (Lipinski definition) is 2. The molecule has 0 spiro atoms. The zero-order valence-corrected chi connectivity index (χ0v) is 18.5. The summed E-state index contributed by atoms with van der Waals surface area (Å²) in [6.45, 7) is 4.09. The number of benzene rings is 2. The first-order chi connectivity index (χ1) is 15.2. The summed E-state index contributed by atoms with van der Waals surface area (Å²) in [6.07, 6.45) is 7.11. The molecule has 0 saturated heterocycles. The molecule has 0 aliphatic carbocycles. The number of hydrazone groups is 1. The van der Waals surface area contributed by atoms with Crippen LogP contribution in [0.4, 0.5) is 0 Å². The Morgan fingerprint density at radius 2 is 1.94 bits per heavy atom. The van der Waals surface area contributed by atoms with E-state index >= 15 is 0 Å². The molecule has 1 aromatic heterocycles. The summed E-state index contributed by atoms with van der Waals surface area (Å²) in [6, 6.07) is 17.8. The smallest absolute Gasteiger partial charge is 0.186 e. The van der Waals surface area contributed by atoms with E-state index < -0.39 is 0 Å². The van der Waals surface area contributed by atoms with Crippen LogP contribution < -0.4 is 15.5 Å². The fourth-order valence-electron chi connectivity index (χ4n) is 2.84. The van der Waals surface area contributed by atoms with Gasteiger partial charge < -0.3 is 10.1 Å². The topological polar surface area (TPSA) is 76.4 Å². The molecule has 0 unspecified atom stereocenters. The number of ether oxygens (including phenoxy) is 1. The SMILES string of the molecule is CCCCCNC(=S)N/N=C\c1ccc(OCc2cn(Cc3ccccc3)nn2)cc1. The van der Waals surface area contributed by atoms with Gasteiger partial charge in [-0.1, -0.05) is 55.3 Å². The molecule has 3 rings (SSSR count). The van der Waals surface area contributed by atoms with E-state index in [1.807, 2.05) is 53.3 Å². The average Bonchev–Trinajstić information content (AvgIpc) is 3.24. The van der Waals surface area contributed by atoms with Crippen molar-refractivity contribution in [3.8, 4) is 5.75 Å².